The lowest BCUT2D eigenvalue weighted by Gasteiger charge is -2.75. The van der Waals surface area contributed by atoms with E-state index in [9.17, 15) is 4.79 Å². The van der Waals surface area contributed by atoms with Crippen molar-refractivity contribution < 1.29 is 14.3 Å². The van der Waals surface area contributed by atoms with E-state index in [0.717, 1.165) is 30.8 Å². The van der Waals surface area contributed by atoms with Gasteiger partial charge in [-0.05, 0) is 109 Å². The molecule has 2 saturated heterocycles. The molecule has 3 heteroatoms. The highest BCUT2D eigenvalue weighted by atomic mass is 16.5. The van der Waals surface area contributed by atoms with Crippen LogP contribution in [0, 0.1) is 62.6 Å². The van der Waals surface area contributed by atoms with Crippen molar-refractivity contribution in [2.75, 3.05) is 6.61 Å². The summed E-state index contributed by atoms with van der Waals surface area (Å²) >= 11 is 0. The highest BCUT2D eigenvalue weighted by Gasteiger charge is 2.73. The molecule has 0 radical (unpaired) electrons. The van der Waals surface area contributed by atoms with E-state index in [1.165, 1.54) is 51.4 Å². The van der Waals surface area contributed by atoms with Crippen molar-refractivity contribution in [1.29, 1.82) is 0 Å². The van der Waals surface area contributed by atoms with Crippen molar-refractivity contribution >= 4 is 5.97 Å². The molecule has 0 aromatic rings. The monoisotopic (exact) mass is 484 g/mol. The molecule has 7 aliphatic rings. The van der Waals surface area contributed by atoms with Crippen LogP contribution in [0.5, 0.6) is 0 Å². The zero-order valence-corrected chi connectivity index (χ0v) is 23.9. The van der Waals surface area contributed by atoms with E-state index >= 15 is 0 Å². The number of carbonyl (C=O) groups is 1. The fourth-order valence-electron chi connectivity index (χ4n) is 12.9. The van der Waals surface area contributed by atoms with Gasteiger partial charge in [0.15, 0.2) is 0 Å². The minimum absolute atomic E-state index is 0.0886. The van der Waals surface area contributed by atoms with Crippen LogP contribution in [0.2, 0.25) is 0 Å². The Balaban J connectivity index is 1.38. The largest absolute Gasteiger partial charge is 0.462 e. The first kappa shape index (κ1) is 24.7. The van der Waals surface area contributed by atoms with Crippen molar-refractivity contribution in [1.82, 2.24) is 0 Å². The maximum absolute atomic E-state index is 12.1. The van der Waals surface area contributed by atoms with Crippen LogP contribution in [0.15, 0.2) is 0 Å². The number of hydrogen-bond donors (Lipinski definition) is 0. The standard InChI is InChI=1S/C32H52O3/c1-19(2)27-21-11-14-30(7)24(29(21,6)17-22(27)35-20(3)33)9-10-25-31(30,8)15-12-23-28(4,5)26-13-16-32(23,25)18-34-26/h19,21-27H,9-18H2,1-8H3/t21-,22+,23-,24+,25-,26-,27+,29-,30+,31+,32+/m0/s1. The third-order valence-corrected chi connectivity index (χ3v) is 14.3. The quantitative estimate of drug-likeness (QED) is 0.377. The van der Waals surface area contributed by atoms with Gasteiger partial charge >= 0.3 is 5.97 Å². The van der Waals surface area contributed by atoms with Crippen LogP contribution in [0.1, 0.15) is 113 Å². The maximum atomic E-state index is 12.1. The average molecular weight is 485 g/mol. The average Bonchev–Trinajstić information content (AvgIpc) is 3.05. The molecule has 0 amide bonds. The summed E-state index contributed by atoms with van der Waals surface area (Å²) in [7, 11) is 0. The summed E-state index contributed by atoms with van der Waals surface area (Å²) in [6.07, 6.45) is 12.5. The van der Waals surface area contributed by atoms with Gasteiger partial charge in [-0.2, -0.15) is 0 Å². The molecule has 2 bridgehead atoms. The van der Waals surface area contributed by atoms with Crippen molar-refractivity contribution in [2.45, 2.75) is 125 Å². The predicted octanol–water partition coefficient (Wildman–Crippen LogP) is 7.66. The zero-order valence-electron chi connectivity index (χ0n) is 23.9. The summed E-state index contributed by atoms with van der Waals surface area (Å²) in [4.78, 5) is 12.1. The first-order valence-electron chi connectivity index (χ1n) is 15.1. The van der Waals surface area contributed by atoms with E-state index in [4.69, 9.17) is 9.47 Å². The normalized spacial score (nSPS) is 56.1. The van der Waals surface area contributed by atoms with E-state index in [1.54, 1.807) is 6.92 Å². The molecule has 0 aromatic carbocycles. The molecule has 11 atom stereocenters. The minimum atomic E-state index is -0.0886. The number of carbonyl (C=O) groups excluding carboxylic acids is 1. The predicted molar refractivity (Wildman–Crippen MR) is 140 cm³/mol. The molecule has 0 aromatic heterocycles. The van der Waals surface area contributed by atoms with E-state index in [2.05, 4.69) is 48.5 Å². The van der Waals surface area contributed by atoms with Gasteiger partial charge in [-0.1, -0.05) is 48.5 Å². The topological polar surface area (TPSA) is 35.5 Å². The number of hydrogen-bond acceptors (Lipinski definition) is 3. The molecule has 3 nitrogen and oxygen atoms in total. The third-order valence-electron chi connectivity index (χ3n) is 14.3. The van der Waals surface area contributed by atoms with Crippen LogP contribution in [0.3, 0.4) is 0 Å². The molecule has 7 fully saturated rings. The maximum Gasteiger partial charge on any atom is 0.302 e. The Morgan fingerprint density at radius 2 is 1.51 bits per heavy atom. The van der Waals surface area contributed by atoms with E-state index < -0.39 is 0 Å². The molecule has 1 spiro atoms. The molecular formula is C32H52O3. The van der Waals surface area contributed by atoms with Gasteiger partial charge in [0.05, 0.1) is 12.7 Å². The lowest BCUT2D eigenvalue weighted by atomic mass is 9.31. The van der Waals surface area contributed by atoms with Gasteiger partial charge in [0, 0.05) is 18.3 Å². The third kappa shape index (κ3) is 2.92. The second-order valence-electron chi connectivity index (χ2n) is 15.8. The fraction of sp³-hybridized carbons (Fsp3) is 0.969. The van der Waals surface area contributed by atoms with Gasteiger partial charge in [-0.15, -0.1) is 0 Å². The summed E-state index contributed by atoms with van der Waals surface area (Å²) in [6.45, 7) is 20.5. The van der Waals surface area contributed by atoms with E-state index in [-0.39, 0.29) is 17.5 Å². The Kier molecular flexibility index (Phi) is 5.31. The van der Waals surface area contributed by atoms with Crippen LogP contribution in [-0.2, 0) is 14.3 Å². The molecule has 2 heterocycles. The van der Waals surface area contributed by atoms with Crippen molar-refractivity contribution in [2.24, 2.45) is 62.6 Å². The highest BCUT2D eigenvalue weighted by molar-refractivity contribution is 5.66. The van der Waals surface area contributed by atoms with Gasteiger partial charge in [0.25, 0.3) is 0 Å². The smallest absolute Gasteiger partial charge is 0.302 e. The van der Waals surface area contributed by atoms with Gasteiger partial charge in [0.2, 0.25) is 0 Å². The Labute approximate surface area is 214 Å². The Bertz CT molecular complexity index is 883. The molecular weight excluding hydrogens is 432 g/mol. The van der Waals surface area contributed by atoms with Crippen LogP contribution in [0.25, 0.3) is 0 Å². The summed E-state index contributed by atoms with van der Waals surface area (Å²) in [5, 5.41) is 0. The number of rotatable bonds is 2. The van der Waals surface area contributed by atoms with Crippen LogP contribution < -0.4 is 0 Å². The van der Waals surface area contributed by atoms with Gasteiger partial charge in [-0.3, -0.25) is 4.79 Å². The summed E-state index contributed by atoms with van der Waals surface area (Å²) in [6, 6.07) is 0. The molecule has 0 N–H and O–H groups in total. The number of esters is 1. The summed E-state index contributed by atoms with van der Waals surface area (Å²) in [5.74, 6) is 4.03. The Hall–Kier alpha value is -0.570. The SMILES string of the molecule is CC(=O)O[C@@H]1C[C@]2(C)[C@H]3CC[C@@H]4[C@]56CC[C@H](OC5)C(C)(C)[C@@H]6CC[C@@]4(C)[C@]3(C)CC[C@H]2[C@H]1C(C)C. The second-order valence-corrected chi connectivity index (χ2v) is 15.8. The molecule has 5 saturated carbocycles. The second kappa shape index (κ2) is 7.51. The van der Waals surface area contributed by atoms with Gasteiger partial charge < -0.3 is 9.47 Å². The first-order chi connectivity index (χ1) is 16.3. The van der Waals surface area contributed by atoms with Crippen LogP contribution in [-0.4, -0.2) is 24.8 Å². The molecule has 7 rings (SSSR count). The fourth-order valence-corrected chi connectivity index (χ4v) is 12.9. The number of fused-ring (bicyclic) bond motifs is 7. The van der Waals surface area contributed by atoms with Crippen LogP contribution in [0.4, 0.5) is 0 Å². The molecule has 198 valence electrons. The molecule has 0 unspecified atom stereocenters. The molecule has 35 heavy (non-hydrogen) atoms. The Morgan fingerprint density at radius 3 is 2.14 bits per heavy atom. The zero-order chi connectivity index (χ0) is 25.2. The van der Waals surface area contributed by atoms with E-state index in [1.807, 2.05) is 0 Å². The molecule has 2 aliphatic heterocycles. The molecule has 5 aliphatic carbocycles. The minimum Gasteiger partial charge on any atom is -0.462 e. The van der Waals surface area contributed by atoms with Crippen molar-refractivity contribution in [3.8, 4) is 0 Å². The Morgan fingerprint density at radius 1 is 0.857 bits per heavy atom. The first-order valence-corrected chi connectivity index (χ1v) is 15.1. The summed E-state index contributed by atoms with van der Waals surface area (Å²) < 4.78 is 12.7. The van der Waals surface area contributed by atoms with Crippen LogP contribution >= 0.6 is 0 Å². The van der Waals surface area contributed by atoms with Gasteiger partial charge in [-0.25, -0.2) is 0 Å². The number of ether oxygens (including phenoxy) is 2. The lowest BCUT2D eigenvalue weighted by molar-refractivity contribution is -0.308. The summed E-state index contributed by atoms with van der Waals surface area (Å²) in [5.41, 5.74) is 1.76. The van der Waals surface area contributed by atoms with Gasteiger partial charge in [0.1, 0.15) is 6.10 Å². The van der Waals surface area contributed by atoms with E-state index in [0.29, 0.717) is 45.5 Å². The van der Waals surface area contributed by atoms with Crippen molar-refractivity contribution in [3.05, 3.63) is 0 Å². The lowest BCUT2D eigenvalue weighted by Crippen LogP contribution is -2.71. The highest BCUT2D eigenvalue weighted by Crippen LogP contribution is 2.79. The van der Waals surface area contributed by atoms with Crippen molar-refractivity contribution in [3.63, 3.8) is 0 Å².